The molecule has 2 aliphatic rings. The van der Waals surface area contributed by atoms with Gasteiger partial charge in [0.1, 0.15) is 0 Å². The first-order valence-electron chi connectivity index (χ1n) is 7.26. The summed E-state index contributed by atoms with van der Waals surface area (Å²) in [7, 11) is 0. The van der Waals surface area contributed by atoms with E-state index in [0.717, 1.165) is 19.6 Å². The Balaban J connectivity index is 1.82. The molecule has 1 saturated carbocycles. The lowest BCUT2D eigenvalue weighted by Crippen LogP contribution is -2.47. The standard InChI is InChI=1S/C15H21ClN2O/c16-13-4-8-18(14(19)9-13)10-12-3-7-17-11-15(12)5-1-2-6-15/h4,8-9,12,17H,1-3,5-7,10-11H2/t12-/m0/s1. The molecule has 1 N–H and O–H groups in total. The quantitative estimate of drug-likeness (QED) is 0.904. The van der Waals surface area contributed by atoms with E-state index in [2.05, 4.69) is 5.32 Å². The number of hydrogen-bond acceptors (Lipinski definition) is 2. The number of rotatable bonds is 2. The van der Waals surface area contributed by atoms with Gasteiger partial charge in [-0.1, -0.05) is 24.4 Å². The predicted octanol–water partition coefficient (Wildman–Crippen LogP) is 2.67. The summed E-state index contributed by atoms with van der Waals surface area (Å²) in [5.74, 6) is 0.620. The minimum atomic E-state index is 0.0270. The van der Waals surface area contributed by atoms with E-state index in [1.807, 2.05) is 16.8 Å². The molecular formula is C15H21ClN2O. The van der Waals surface area contributed by atoms with Gasteiger partial charge in [-0.3, -0.25) is 4.79 Å². The van der Waals surface area contributed by atoms with Crippen LogP contribution in [0.5, 0.6) is 0 Å². The van der Waals surface area contributed by atoms with Crippen molar-refractivity contribution < 1.29 is 0 Å². The Morgan fingerprint density at radius 2 is 2.21 bits per heavy atom. The third kappa shape index (κ3) is 2.59. The minimum Gasteiger partial charge on any atom is -0.316 e. The van der Waals surface area contributed by atoms with Crippen molar-refractivity contribution in [2.45, 2.75) is 38.6 Å². The molecule has 0 unspecified atom stereocenters. The van der Waals surface area contributed by atoms with E-state index in [1.165, 1.54) is 38.2 Å². The third-order valence-electron chi connectivity index (χ3n) is 4.99. The highest BCUT2D eigenvalue weighted by Gasteiger charge is 2.42. The Hall–Kier alpha value is -0.800. The van der Waals surface area contributed by atoms with Gasteiger partial charge in [0.15, 0.2) is 0 Å². The second-order valence-corrected chi connectivity index (χ2v) is 6.50. The van der Waals surface area contributed by atoms with Crippen LogP contribution in [0.3, 0.4) is 0 Å². The summed E-state index contributed by atoms with van der Waals surface area (Å²) >= 11 is 5.86. The normalized spacial score (nSPS) is 25.8. The highest BCUT2D eigenvalue weighted by atomic mass is 35.5. The summed E-state index contributed by atoms with van der Waals surface area (Å²) in [5.41, 5.74) is 0.455. The van der Waals surface area contributed by atoms with Crippen LogP contribution in [0.25, 0.3) is 0 Å². The molecule has 0 bridgehead atoms. The number of aromatic nitrogens is 1. The Morgan fingerprint density at radius 1 is 1.42 bits per heavy atom. The van der Waals surface area contributed by atoms with Gasteiger partial charge in [-0.15, -0.1) is 0 Å². The second-order valence-electron chi connectivity index (χ2n) is 6.07. The van der Waals surface area contributed by atoms with Gasteiger partial charge in [-0.05, 0) is 43.2 Å². The van der Waals surface area contributed by atoms with Gasteiger partial charge >= 0.3 is 0 Å². The molecule has 3 nitrogen and oxygen atoms in total. The van der Waals surface area contributed by atoms with E-state index in [0.29, 0.717) is 16.4 Å². The van der Waals surface area contributed by atoms with Crippen molar-refractivity contribution in [3.63, 3.8) is 0 Å². The highest BCUT2D eigenvalue weighted by Crippen LogP contribution is 2.47. The van der Waals surface area contributed by atoms with Crippen molar-refractivity contribution in [1.29, 1.82) is 0 Å². The Kier molecular flexibility index (Phi) is 3.68. The summed E-state index contributed by atoms with van der Waals surface area (Å²) < 4.78 is 1.84. The summed E-state index contributed by atoms with van der Waals surface area (Å²) in [6.07, 6.45) is 8.33. The van der Waals surface area contributed by atoms with Gasteiger partial charge in [-0.25, -0.2) is 0 Å². The van der Waals surface area contributed by atoms with E-state index >= 15 is 0 Å². The van der Waals surface area contributed by atoms with Crippen LogP contribution in [0.1, 0.15) is 32.1 Å². The molecule has 0 amide bonds. The van der Waals surface area contributed by atoms with Crippen molar-refractivity contribution in [1.82, 2.24) is 9.88 Å². The van der Waals surface area contributed by atoms with Gasteiger partial charge < -0.3 is 9.88 Å². The van der Waals surface area contributed by atoms with Crippen molar-refractivity contribution in [2.75, 3.05) is 13.1 Å². The number of nitrogens with zero attached hydrogens (tertiary/aromatic N) is 1. The molecule has 4 heteroatoms. The summed E-state index contributed by atoms with van der Waals surface area (Å²) in [4.78, 5) is 12.0. The molecular weight excluding hydrogens is 260 g/mol. The van der Waals surface area contributed by atoms with Gasteiger partial charge in [0.2, 0.25) is 0 Å². The first-order chi connectivity index (χ1) is 9.20. The van der Waals surface area contributed by atoms with Crippen LogP contribution in [0.15, 0.2) is 23.1 Å². The zero-order valence-corrected chi connectivity index (χ0v) is 12.0. The van der Waals surface area contributed by atoms with Gasteiger partial charge in [0, 0.05) is 30.4 Å². The number of halogens is 1. The number of piperidine rings is 1. The van der Waals surface area contributed by atoms with E-state index in [-0.39, 0.29) is 5.56 Å². The fourth-order valence-corrected chi connectivity index (χ4v) is 4.03. The summed E-state index contributed by atoms with van der Waals surface area (Å²) in [6.45, 7) is 3.05. The van der Waals surface area contributed by atoms with Gasteiger partial charge in [-0.2, -0.15) is 0 Å². The SMILES string of the molecule is O=c1cc(Cl)ccn1C[C@@H]1CCNCC12CCCC2. The predicted molar refractivity (Wildman–Crippen MR) is 77.6 cm³/mol. The van der Waals surface area contributed by atoms with E-state index in [1.54, 1.807) is 0 Å². The Labute approximate surface area is 119 Å². The molecule has 1 saturated heterocycles. The zero-order valence-electron chi connectivity index (χ0n) is 11.2. The van der Waals surface area contributed by atoms with Crippen LogP contribution in [0.4, 0.5) is 0 Å². The molecule has 1 aliphatic carbocycles. The molecule has 1 aromatic rings. The molecule has 1 spiro atoms. The fraction of sp³-hybridized carbons (Fsp3) is 0.667. The molecule has 2 fully saturated rings. The molecule has 3 rings (SSSR count). The number of nitrogens with one attached hydrogen (secondary N) is 1. The van der Waals surface area contributed by atoms with Crippen LogP contribution in [-0.2, 0) is 6.54 Å². The Bertz CT molecular complexity index is 505. The molecule has 19 heavy (non-hydrogen) atoms. The maximum atomic E-state index is 12.0. The van der Waals surface area contributed by atoms with Crippen molar-refractivity contribution in [2.24, 2.45) is 11.3 Å². The first-order valence-corrected chi connectivity index (χ1v) is 7.64. The lowest BCUT2D eigenvalue weighted by atomic mass is 9.70. The van der Waals surface area contributed by atoms with Crippen LogP contribution in [-0.4, -0.2) is 17.7 Å². The van der Waals surface area contributed by atoms with E-state index in [4.69, 9.17) is 11.6 Å². The average molecular weight is 281 g/mol. The van der Waals surface area contributed by atoms with Crippen LogP contribution < -0.4 is 10.9 Å². The first kappa shape index (κ1) is 13.2. The zero-order chi connectivity index (χ0) is 13.3. The second kappa shape index (κ2) is 5.29. The summed E-state index contributed by atoms with van der Waals surface area (Å²) in [6, 6.07) is 3.33. The molecule has 0 aromatic carbocycles. The van der Waals surface area contributed by atoms with Crippen LogP contribution in [0, 0.1) is 11.3 Å². The monoisotopic (exact) mass is 280 g/mol. The molecule has 1 atom stereocenters. The van der Waals surface area contributed by atoms with Crippen LogP contribution in [0.2, 0.25) is 5.02 Å². The highest BCUT2D eigenvalue weighted by molar-refractivity contribution is 6.30. The van der Waals surface area contributed by atoms with E-state index in [9.17, 15) is 4.79 Å². The molecule has 2 heterocycles. The summed E-state index contributed by atoms with van der Waals surface area (Å²) in [5, 5.41) is 4.08. The lowest BCUT2D eigenvalue weighted by molar-refractivity contribution is 0.101. The fourth-order valence-electron chi connectivity index (χ4n) is 3.89. The number of hydrogen-bond donors (Lipinski definition) is 1. The van der Waals surface area contributed by atoms with Gasteiger partial charge in [0.05, 0.1) is 0 Å². The molecule has 1 aliphatic heterocycles. The van der Waals surface area contributed by atoms with Crippen molar-refractivity contribution in [3.05, 3.63) is 33.7 Å². The van der Waals surface area contributed by atoms with E-state index < -0.39 is 0 Å². The molecule has 0 radical (unpaired) electrons. The van der Waals surface area contributed by atoms with Crippen molar-refractivity contribution in [3.8, 4) is 0 Å². The van der Waals surface area contributed by atoms with Crippen molar-refractivity contribution >= 4 is 11.6 Å². The number of pyridine rings is 1. The molecule has 104 valence electrons. The smallest absolute Gasteiger partial charge is 0.252 e. The third-order valence-corrected chi connectivity index (χ3v) is 5.22. The topological polar surface area (TPSA) is 34.0 Å². The minimum absolute atomic E-state index is 0.0270. The average Bonchev–Trinajstić information content (AvgIpc) is 2.85. The Morgan fingerprint density at radius 3 is 2.95 bits per heavy atom. The maximum absolute atomic E-state index is 12.0. The largest absolute Gasteiger partial charge is 0.316 e. The maximum Gasteiger partial charge on any atom is 0.252 e. The van der Waals surface area contributed by atoms with Gasteiger partial charge in [0.25, 0.3) is 5.56 Å². The molecule has 1 aromatic heterocycles. The lowest BCUT2D eigenvalue weighted by Gasteiger charge is -2.42. The van der Waals surface area contributed by atoms with Crippen LogP contribution >= 0.6 is 11.6 Å².